The first kappa shape index (κ1) is 22.2. The van der Waals surface area contributed by atoms with Crippen LogP contribution in [0.2, 0.25) is 0 Å². The number of hydrogen-bond acceptors (Lipinski definition) is 5. The van der Waals surface area contributed by atoms with E-state index < -0.39 is 23.8 Å². The van der Waals surface area contributed by atoms with Gasteiger partial charge in [0.2, 0.25) is 0 Å². The molecular weight excluding hydrogens is 407 g/mol. The Labute approximate surface area is 178 Å². The van der Waals surface area contributed by atoms with Crippen LogP contribution < -0.4 is 20.5 Å². The van der Waals surface area contributed by atoms with Gasteiger partial charge in [-0.1, -0.05) is 0 Å². The summed E-state index contributed by atoms with van der Waals surface area (Å²) in [6.45, 7) is 1.66. The van der Waals surface area contributed by atoms with E-state index in [0.29, 0.717) is 22.7 Å². The van der Waals surface area contributed by atoms with Crippen LogP contribution in [0.4, 0.5) is 24.5 Å². The van der Waals surface area contributed by atoms with Crippen molar-refractivity contribution in [3.8, 4) is 11.5 Å². The van der Waals surface area contributed by atoms with Crippen molar-refractivity contribution in [1.29, 1.82) is 5.41 Å². The largest absolute Gasteiger partial charge is 0.487 e. The molecule has 0 aliphatic rings. The third-order valence-electron chi connectivity index (χ3n) is 4.47. The first-order valence-corrected chi connectivity index (χ1v) is 9.53. The molecule has 2 atom stereocenters. The third kappa shape index (κ3) is 5.99. The number of hydrogen-bond donors (Lipinski definition) is 3. The summed E-state index contributed by atoms with van der Waals surface area (Å²) in [5.74, 6) is -1.52. The summed E-state index contributed by atoms with van der Waals surface area (Å²) in [6, 6.07) is 13.5. The minimum absolute atomic E-state index is 0.0598. The lowest BCUT2D eigenvalue weighted by atomic mass is 10.1. The molecule has 0 aromatic heterocycles. The molecule has 3 rings (SSSR count). The molecule has 162 valence electrons. The zero-order chi connectivity index (χ0) is 22.4. The fourth-order valence-corrected chi connectivity index (χ4v) is 2.77. The van der Waals surface area contributed by atoms with E-state index in [9.17, 15) is 13.2 Å². The summed E-state index contributed by atoms with van der Waals surface area (Å²) in [5.41, 5.74) is 7.82. The normalized spacial score (nSPS) is 12.7. The number of nitrogens with two attached hydrogens (primary N) is 1. The van der Waals surface area contributed by atoms with Crippen molar-refractivity contribution in [3.63, 3.8) is 0 Å². The Kier molecular flexibility index (Phi) is 7.15. The van der Waals surface area contributed by atoms with Crippen molar-refractivity contribution in [3.05, 3.63) is 83.7 Å². The predicted molar refractivity (Wildman–Crippen MR) is 114 cm³/mol. The lowest BCUT2D eigenvalue weighted by Crippen LogP contribution is -2.41. The number of halogens is 3. The quantitative estimate of drug-likeness (QED) is 0.417. The van der Waals surface area contributed by atoms with Gasteiger partial charge in [0.25, 0.3) is 0 Å². The van der Waals surface area contributed by atoms with Crippen LogP contribution in [-0.4, -0.2) is 25.0 Å². The standard InChI is InChI=1S/C23H22F3N3O2/c1-14(28)23(13-30-22-9-4-17(25)11-20(22)26)31-19-7-8-21(15(10-19)12-27)29-18-5-2-16(24)3-6-18/h2-12,14,23,27,29H,13,28H2,1H3/t14-,23?/m0/s1. The monoisotopic (exact) mass is 429 g/mol. The van der Waals surface area contributed by atoms with Crippen LogP contribution >= 0.6 is 0 Å². The Morgan fingerprint density at radius 1 is 1.00 bits per heavy atom. The Morgan fingerprint density at radius 3 is 2.35 bits per heavy atom. The topological polar surface area (TPSA) is 80.4 Å². The van der Waals surface area contributed by atoms with Gasteiger partial charge in [-0.2, -0.15) is 0 Å². The maximum Gasteiger partial charge on any atom is 0.167 e. The zero-order valence-corrected chi connectivity index (χ0v) is 16.7. The van der Waals surface area contributed by atoms with Crippen LogP contribution in [0, 0.1) is 22.9 Å². The van der Waals surface area contributed by atoms with Crippen LogP contribution in [0.15, 0.2) is 60.7 Å². The van der Waals surface area contributed by atoms with Crippen LogP contribution in [0.25, 0.3) is 0 Å². The number of benzene rings is 3. The zero-order valence-electron chi connectivity index (χ0n) is 16.7. The van der Waals surface area contributed by atoms with Gasteiger partial charge in [-0.15, -0.1) is 0 Å². The molecule has 0 amide bonds. The maximum absolute atomic E-state index is 13.8. The lowest BCUT2D eigenvalue weighted by Gasteiger charge is -2.23. The number of ether oxygens (including phenoxy) is 2. The SMILES string of the molecule is C[C@H](N)C(COc1ccc(F)cc1F)Oc1ccc(Nc2ccc(F)cc2)c(C=N)c1. The Morgan fingerprint density at radius 2 is 1.71 bits per heavy atom. The van der Waals surface area contributed by atoms with E-state index in [4.69, 9.17) is 20.6 Å². The smallest absolute Gasteiger partial charge is 0.167 e. The lowest BCUT2D eigenvalue weighted by molar-refractivity contribution is 0.109. The highest BCUT2D eigenvalue weighted by atomic mass is 19.1. The molecule has 5 nitrogen and oxygen atoms in total. The van der Waals surface area contributed by atoms with Crippen molar-refractivity contribution in [1.82, 2.24) is 0 Å². The van der Waals surface area contributed by atoms with Crippen molar-refractivity contribution in [2.45, 2.75) is 19.1 Å². The fourth-order valence-electron chi connectivity index (χ4n) is 2.77. The number of rotatable bonds is 9. The second-order valence-corrected chi connectivity index (χ2v) is 6.93. The highest BCUT2D eigenvalue weighted by molar-refractivity contribution is 5.88. The molecular formula is C23H22F3N3O2. The summed E-state index contributed by atoms with van der Waals surface area (Å²) in [7, 11) is 0. The molecule has 0 spiro atoms. The van der Waals surface area contributed by atoms with Gasteiger partial charge in [-0.3, -0.25) is 0 Å². The first-order chi connectivity index (χ1) is 14.9. The van der Waals surface area contributed by atoms with E-state index in [2.05, 4.69) is 5.32 Å². The summed E-state index contributed by atoms with van der Waals surface area (Å²) >= 11 is 0. The molecule has 0 saturated carbocycles. The summed E-state index contributed by atoms with van der Waals surface area (Å²) in [5, 5.41) is 10.8. The van der Waals surface area contributed by atoms with Gasteiger partial charge in [0.1, 0.15) is 30.1 Å². The van der Waals surface area contributed by atoms with E-state index >= 15 is 0 Å². The average Bonchev–Trinajstić information content (AvgIpc) is 2.74. The second kappa shape index (κ2) is 9.99. The van der Waals surface area contributed by atoms with E-state index in [-0.39, 0.29) is 18.2 Å². The highest BCUT2D eigenvalue weighted by Gasteiger charge is 2.19. The molecule has 0 saturated heterocycles. The van der Waals surface area contributed by atoms with E-state index in [0.717, 1.165) is 18.3 Å². The Hall–Kier alpha value is -3.52. The molecule has 0 bridgehead atoms. The van der Waals surface area contributed by atoms with E-state index in [1.807, 2.05) is 0 Å². The van der Waals surface area contributed by atoms with Crippen LogP contribution in [0.1, 0.15) is 12.5 Å². The van der Waals surface area contributed by atoms with E-state index in [1.54, 1.807) is 37.3 Å². The van der Waals surface area contributed by atoms with Crippen LogP contribution in [0.3, 0.4) is 0 Å². The summed E-state index contributed by atoms with van der Waals surface area (Å²) < 4.78 is 51.2. The molecule has 3 aromatic rings. The minimum atomic E-state index is -0.814. The molecule has 0 radical (unpaired) electrons. The third-order valence-corrected chi connectivity index (χ3v) is 4.47. The molecule has 0 fully saturated rings. The fraction of sp³-hybridized carbons (Fsp3) is 0.174. The number of anilines is 2. The molecule has 0 aliphatic heterocycles. The van der Waals surface area contributed by atoms with Gasteiger partial charge < -0.3 is 25.9 Å². The van der Waals surface area contributed by atoms with Gasteiger partial charge in [-0.05, 0) is 61.5 Å². The van der Waals surface area contributed by atoms with Crippen molar-refractivity contribution in [2.75, 3.05) is 11.9 Å². The van der Waals surface area contributed by atoms with Crippen molar-refractivity contribution >= 4 is 17.6 Å². The van der Waals surface area contributed by atoms with Crippen molar-refractivity contribution in [2.24, 2.45) is 5.73 Å². The molecule has 8 heteroatoms. The predicted octanol–water partition coefficient (Wildman–Crippen LogP) is 5.02. The van der Waals surface area contributed by atoms with Gasteiger partial charge in [0.05, 0.1) is 0 Å². The van der Waals surface area contributed by atoms with Gasteiger partial charge in [0, 0.05) is 35.3 Å². The molecule has 3 aromatic carbocycles. The van der Waals surface area contributed by atoms with Crippen LogP contribution in [0.5, 0.6) is 11.5 Å². The van der Waals surface area contributed by atoms with Gasteiger partial charge in [-0.25, -0.2) is 13.2 Å². The minimum Gasteiger partial charge on any atom is -0.487 e. The van der Waals surface area contributed by atoms with E-state index in [1.165, 1.54) is 18.2 Å². The molecule has 4 N–H and O–H groups in total. The molecule has 31 heavy (non-hydrogen) atoms. The van der Waals surface area contributed by atoms with Crippen molar-refractivity contribution < 1.29 is 22.6 Å². The Balaban J connectivity index is 1.71. The molecule has 0 heterocycles. The first-order valence-electron chi connectivity index (χ1n) is 9.53. The second-order valence-electron chi connectivity index (χ2n) is 6.93. The number of nitrogens with one attached hydrogen (secondary N) is 2. The molecule has 1 unspecified atom stereocenters. The highest BCUT2D eigenvalue weighted by Crippen LogP contribution is 2.26. The summed E-state index contributed by atoms with van der Waals surface area (Å²) in [4.78, 5) is 0. The Bertz CT molecular complexity index is 1040. The summed E-state index contributed by atoms with van der Waals surface area (Å²) in [6.07, 6.45) is 0.531. The molecule has 0 aliphatic carbocycles. The maximum atomic E-state index is 13.8. The van der Waals surface area contributed by atoms with Crippen LogP contribution in [-0.2, 0) is 0 Å². The van der Waals surface area contributed by atoms with Gasteiger partial charge >= 0.3 is 0 Å². The van der Waals surface area contributed by atoms with Gasteiger partial charge in [0.15, 0.2) is 11.6 Å². The average molecular weight is 429 g/mol.